The molecule has 1 amide bonds. The molecule has 0 radical (unpaired) electrons. The zero-order valence-corrected chi connectivity index (χ0v) is 13.1. The maximum atomic E-state index is 12.7. The van der Waals surface area contributed by atoms with Crippen LogP contribution in [-0.2, 0) is 0 Å². The van der Waals surface area contributed by atoms with Gasteiger partial charge in [-0.15, -0.1) is 0 Å². The number of benzene rings is 1. The van der Waals surface area contributed by atoms with Gasteiger partial charge < -0.3 is 24.8 Å². The van der Waals surface area contributed by atoms with Gasteiger partial charge in [-0.05, 0) is 25.0 Å². The zero-order valence-electron chi connectivity index (χ0n) is 13.1. The Kier molecular flexibility index (Phi) is 5.59. The third-order valence-corrected chi connectivity index (χ3v) is 3.82. The van der Waals surface area contributed by atoms with Crippen molar-refractivity contribution in [2.45, 2.75) is 25.5 Å². The number of ether oxygens (including phenoxy) is 3. The zero-order chi connectivity index (χ0) is 17.0. The summed E-state index contributed by atoms with van der Waals surface area (Å²) in [6, 6.07) is 2.72. The third-order valence-electron chi connectivity index (χ3n) is 3.82. The Bertz CT molecular complexity index is 543. The fraction of sp³-hybridized carbons (Fsp3) is 0.533. The Balaban J connectivity index is 2.37. The summed E-state index contributed by atoms with van der Waals surface area (Å²) in [6.45, 7) is -2.03. The molecule has 0 saturated carbocycles. The van der Waals surface area contributed by atoms with Gasteiger partial charge in [0.25, 0.3) is 5.91 Å². The molecule has 0 aromatic heterocycles. The molecule has 6 nitrogen and oxygen atoms in total. The SMILES string of the molecule is COc1cc(C(=O)N2CCCC2CN)cc(OC)c1OC(F)F. The number of amides is 1. The van der Waals surface area contributed by atoms with Gasteiger partial charge in [-0.3, -0.25) is 4.79 Å². The number of nitrogens with two attached hydrogens (primary N) is 1. The van der Waals surface area contributed by atoms with E-state index in [1.807, 2.05) is 0 Å². The molecule has 8 heteroatoms. The number of halogens is 2. The van der Waals surface area contributed by atoms with Crippen molar-refractivity contribution in [3.05, 3.63) is 17.7 Å². The molecule has 1 aliphatic rings. The van der Waals surface area contributed by atoms with Crippen molar-refractivity contribution < 1.29 is 27.8 Å². The van der Waals surface area contributed by atoms with Crippen LogP contribution in [-0.4, -0.2) is 50.8 Å². The van der Waals surface area contributed by atoms with Crippen LogP contribution in [0.5, 0.6) is 17.2 Å². The number of carbonyl (C=O) groups is 1. The smallest absolute Gasteiger partial charge is 0.387 e. The van der Waals surface area contributed by atoms with Gasteiger partial charge in [-0.25, -0.2) is 0 Å². The molecule has 23 heavy (non-hydrogen) atoms. The van der Waals surface area contributed by atoms with E-state index in [0.29, 0.717) is 13.1 Å². The van der Waals surface area contributed by atoms with E-state index in [-0.39, 0.29) is 34.8 Å². The molecule has 1 aromatic rings. The first-order valence-electron chi connectivity index (χ1n) is 7.23. The van der Waals surface area contributed by atoms with Crippen LogP contribution in [0.2, 0.25) is 0 Å². The van der Waals surface area contributed by atoms with E-state index in [9.17, 15) is 13.6 Å². The average Bonchev–Trinajstić information content (AvgIpc) is 3.02. The fourth-order valence-corrected chi connectivity index (χ4v) is 2.72. The minimum Gasteiger partial charge on any atom is -0.493 e. The van der Waals surface area contributed by atoms with Crippen molar-refractivity contribution in [1.82, 2.24) is 4.90 Å². The van der Waals surface area contributed by atoms with Crippen LogP contribution in [0, 0.1) is 0 Å². The van der Waals surface area contributed by atoms with Crippen LogP contribution in [0.1, 0.15) is 23.2 Å². The van der Waals surface area contributed by atoms with Gasteiger partial charge in [0.05, 0.1) is 14.2 Å². The predicted octanol–water partition coefficient (Wildman–Crippen LogP) is 1.87. The summed E-state index contributed by atoms with van der Waals surface area (Å²) in [6.07, 6.45) is 1.73. The maximum absolute atomic E-state index is 12.7. The standard InChI is InChI=1S/C15H20F2N2O4/c1-21-11-6-9(7-12(22-2)13(11)23-15(16)17)14(20)19-5-3-4-10(19)8-18/h6-7,10,15H,3-5,8,18H2,1-2H3. The summed E-state index contributed by atoms with van der Waals surface area (Å²) in [5.74, 6) is -0.454. The van der Waals surface area contributed by atoms with E-state index >= 15 is 0 Å². The number of carbonyl (C=O) groups excluding carboxylic acids is 1. The minimum atomic E-state index is -3.03. The summed E-state index contributed by atoms with van der Waals surface area (Å²) in [5.41, 5.74) is 5.96. The van der Waals surface area contributed by atoms with Crippen molar-refractivity contribution >= 4 is 5.91 Å². The van der Waals surface area contributed by atoms with Crippen LogP contribution in [0.3, 0.4) is 0 Å². The second-order valence-corrected chi connectivity index (χ2v) is 5.12. The summed E-state index contributed by atoms with van der Waals surface area (Å²) in [7, 11) is 2.61. The van der Waals surface area contributed by atoms with E-state index in [1.54, 1.807) is 4.90 Å². The summed E-state index contributed by atoms with van der Waals surface area (Å²) >= 11 is 0. The highest BCUT2D eigenvalue weighted by Gasteiger charge is 2.30. The molecule has 2 N–H and O–H groups in total. The first kappa shape index (κ1) is 17.3. The van der Waals surface area contributed by atoms with Crippen molar-refractivity contribution in [2.24, 2.45) is 5.73 Å². The lowest BCUT2D eigenvalue weighted by atomic mass is 10.1. The van der Waals surface area contributed by atoms with E-state index < -0.39 is 6.61 Å². The highest BCUT2D eigenvalue weighted by atomic mass is 19.3. The third kappa shape index (κ3) is 3.64. The molecule has 2 rings (SSSR count). The second-order valence-electron chi connectivity index (χ2n) is 5.12. The molecule has 1 heterocycles. The highest BCUT2D eigenvalue weighted by molar-refractivity contribution is 5.96. The molecule has 1 aromatic carbocycles. The van der Waals surface area contributed by atoms with Crippen molar-refractivity contribution in [1.29, 1.82) is 0 Å². The number of hydrogen-bond acceptors (Lipinski definition) is 5. The van der Waals surface area contributed by atoms with Crippen LogP contribution >= 0.6 is 0 Å². The molecule has 1 atom stereocenters. The fourth-order valence-electron chi connectivity index (χ4n) is 2.72. The van der Waals surface area contributed by atoms with Crippen LogP contribution in [0.15, 0.2) is 12.1 Å². The number of alkyl halides is 2. The van der Waals surface area contributed by atoms with Gasteiger partial charge in [0.15, 0.2) is 11.5 Å². The van der Waals surface area contributed by atoms with Gasteiger partial charge >= 0.3 is 6.61 Å². The van der Waals surface area contributed by atoms with E-state index in [1.165, 1.54) is 26.4 Å². The monoisotopic (exact) mass is 330 g/mol. The largest absolute Gasteiger partial charge is 0.493 e. The van der Waals surface area contributed by atoms with Crippen LogP contribution < -0.4 is 19.9 Å². The Morgan fingerprint density at radius 1 is 1.35 bits per heavy atom. The molecule has 1 fully saturated rings. The molecular weight excluding hydrogens is 310 g/mol. The van der Waals surface area contributed by atoms with Crippen LogP contribution in [0.4, 0.5) is 8.78 Å². The summed E-state index contributed by atoms with van der Waals surface area (Å²) < 4.78 is 39.6. The van der Waals surface area contributed by atoms with Gasteiger partial charge in [0.1, 0.15) is 0 Å². The molecular formula is C15H20F2N2O4. The molecule has 0 aliphatic carbocycles. The number of nitrogens with zero attached hydrogens (tertiary/aromatic N) is 1. The van der Waals surface area contributed by atoms with E-state index in [2.05, 4.69) is 4.74 Å². The number of likely N-dealkylation sites (tertiary alicyclic amines) is 1. The molecule has 128 valence electrons. The molecule has 0 spiro atoms. The van der Waals surface area contributed by atoms with Crippen molar-refractivity contribution in [3.63, 3.8) is 0 Å². The Labute approximate surface area is 133 Å². The predicted molar refractivity (Wildman–Crippen MR) is 79.3 cm³/mol. The van der Waals surface area contributed by atoms with Crippen LogP contribution in [0.25, 0.3) is 0 Å². The maximum Gasteiger partial charge on any atom is 0.387 e. The molecule has 1 aliphatic heterocycles. The number of methoxy groups -OCH3 is 2. The van der Waals surface area contributed by atoms with E-state index in [0.717, 1.165) is 12.8 Å². The Morgan fingerprint density at radius 2 is 1.96 bits per heavy atom. The quantitative estimate of drug-likeness (QED) is 0.862. The van der Waals surface area contributed by atoms with Gasteiger partial charge in [-0.2, -0.15) is 8.78 Å². The van der Waals surface area contributed by atoms with E-state index in [4.69, 9.17) is 15.2 Å². The first-order valence-corrected chi connectivity index (χ1v) is 7.23. The van der Waals surface area contributed by atoms with Gasteiger partial charge in [0.2, 0.25) is 5.75 Å². The molecule has 1 saturated heterocycles. The topological polar surface area (TPSA) is 74.0 Å². The lowest BCUT2D eigenvalue weighted by Crippen LogP contribution is -2.39. The first-order chi connectivity index (χ1) is 11.0. The highest BCUT2D eigenvalue weighted by Crippen LogP contribution is 2.40. The summed E-state index contributed by atoms with van der Waals surface area (Å²) in [4.78, 5) is 14.3. The normalized spacial score (nSPS) is 17.5. The summed E-state index contributed by atoms with van der Waals surface area (Å²) in [5, 5.41) is 0. The lowest BCUT2D eigenvalue weighted by molar-refractivity contribution is -0.0526. The van der Waals surface area contributed by atoms with Crippen molar-refractivity contribution in [3.8, 4) is 17.2 Å². The number of rotatable bonds is 6. The van der Waals surface area contributed by atoms with Gasteiger partial charge in [-0.1, -0.05) is 0 Å². The number of hydrogen-bond donors (Lipinski definition) is 1. The van der Waals surface area contributed by atoms with Gasteiger partial charge in [0, 0.05) is 24.7 Å². The Hall–Kier alpha value is -2.09. The minimum absolute atomic E-state index is 0.0106. The molecule has 0 bridgehead atoms. The average molecular weight is 330 g/mol. The Morgan fingerprint density at radius 3 is 2.43 bits per heavy atom. The van der Waals surface area contributed by atoms with Crippen molar-refractivity contribution in [2.75, 3.05) is 27.3 Å². The second kappa shape index (κ2) is 7.45. The molecule has 1 unspecified atom stereocenters. The lowest BCUT2D eigenvalue weighted by Gasteiger charge is -2.24.